The Morgan fingerprint density at radius 1 is 1.39 bits per heavy atom. The molecule has 1 aromatic heterocycles. The molecule has 0 unspecified atom stereocenters. The number of amides is 1. The van der Waals surface area contributed by atoms with Crippen molar-refractivity contribution >= 4 is 29.4 Å². The van der Waals surface area contributed by atoms with Gasteiger partial charge in [0, 0.05) is 22.6 Å². The highest BCUT2D eigenvalue weighted by atomic mass is 32.1. The summed E-state index contributed by atoms with van der Waals surface area (Å²) in [5.41, 5.74) is 1.98. The van der Waals surface area contributed by atoms with Gasteiger partial charge >= 0.3 is 17.8 Å². The number of hydrogen-bond acceptors (Lipinski definition) is 6. The second-order valence-electron chi connectivity index (χ2n) is 7.51. The Labute approximate surface area is 166 Å². The molecular formula is C19H22FN4O3S+. The summed E-state index contributed by atoms with van der Waals surface area (Å²) in [5, 5.41) is 2.96. The molecular weight excluding hydrogens is 383 g/mol. The number of carbonyl (C=O) groups excluding carboxylic acids is 1. The van der Waals surface area contributed by atoms with E-state index >= 15 is 0 Å². The summed E-state index contributed by atoms with van der Waals surface area (Å²) < 4.78 is 30.0. The van der Waals surface area contributed by atoms with Crippen molar-refractivity contribution in [1.29, 1.82) is 0 Å². The van der Waals surface area contributed by atoms with E-state index in [4.69, 9.17) is 4.74 Å². The van der Waals surface area contributed by atoms with Gasteiger partial charge in [0.2, 0.25) is 5.95 Å². The quantitative estimate of drug-likeness (QED) is 0.783. The van der Waals surface area contributed by atoms with E-state index in [0.29, 0.717) is 48.4 Å². The largest absolute Gasteiger partial charge is 0.463 e. The van der Waals surface area contributed by atoms with E-state index in [1.807, 2.05) is 20.8 Å². The predicted octanol–water partition coefficient (Wildman–Crippen LogP) is 3.58. The molecule has 1 aliphatic heterocycles. The Bertz CT molecular complexity index is 901. The SMILES string of the molecule is CC(C)(C)OC(=O)N1CCc2cnc(Nc3ccc(C[S+]=O)c(F)c3)nc2C1. The molecule has 1 aliphatic rings. The van der Waals surface area contributed by atoms with Crippen molar-refractivity contribution in [2.24, 2.45) is 0 Å². The fourth-order valence-electron chi connectivity index (χ4n) is 2.78. The highest BCUT2D eigenvalue weighted by Gasteiger charge is 2.26. The fraction of sp³-hybridized carbons (Fsp3) is 0.421. The third kappa shape index (κ3) is 4.98. The van der Waals surface area contributed by atoms with E-state index in [1.165, 1.54) is 6.07 Å². The van der Waals surface area contributed by atoms with Crippen LogP contribution in [0.5, 0.6) is 0 Å². The van der Waals surface area contributed by atoms with Crippen molar-refractivity contribution < 1.29 is 18.1 Å². The Morgan fingerprint density at radius 2 is 2.18 bits per heavy atom. The molecule has 0 radical (unpaired) electrons. The number of rotatable bonds is 4. The highest BCUT2D eigenvalue weighted by Crippen LogP contribution is 2.22. The number of benzene rings is 1. The van der Waals surface area contributed by atoms with Crippen LogP contribution in [0.4, 0.5) is 20.8 Å². The smallest absolute Gasteiger partial charge is 0.444 e. The van der Waals surface area contributed by atoms with E-state index in [1.54, 1.807) is 23.2 Å². The normalized spacial score (nSPS) is 13.6. The van der Waals surface area contributed by atoms with Crippen molar-refractivity contribution in [2.45, 2.75) is 45.1 Å². The summed E-state index contributed by atoms with van der Waals surface area (Å²) in [5.74, 6) is -0.0698. The number of ether oxygens (including phenoxy) is 1. The molecule has 0 saturated carbocycles. The van der Waals surface area contributed by atoms with E-state index in [-0.39, 0.29) is 11.8 Å². The van der Waals surface area contributed by atoms with Crippen LogP contribution in [0.1, 0.15) is 37.6 Å². The van der Waals surface area contributed by atoms with E-state index in [0.717, 1.165) is 11.3 Å². The van der Waals surface area contributed by atoms with Crippen molar-refractivity contribution in [2.75, 3.05) is 11.9 Å². The third-order valence-electron chi connectivity index (χ3n) is 4.12. The molecule has 0 spiro atoms. The third-order valence-corrected chi connectivity index (χ3v) is 4.55. The summed E-state index contributed by atoms with van der Waals surface area (Å²) in [6.45, 7) is 6.35. The van der Waals surface area contributed by atoms with Gasteiger partial charge in [0.25, 0.3) is 5.75 Å². The number of carbonyl (C=O) groups is 1. The second-order valence-corrected chi connectivity index (χ2v) is 8.04. The number of nitrogens with zero attached hydrogens (tertiary/aromatic N) is 3. The van der Waals surface area contributed by atoms with Gasteiger partial charge in [0.1, 0.15) is 11.4 Å². The van der Waals surface area contributed by atoms with Gasteiger partial charge in [-0.15, -0.1) is 0 Å². The lowest BCUT2D eigenvalue weighted by molar-refractivity contribution is 0.0220. The first kappa shape index (κ1) is 20.1. The van der Waals surface area contributed by atoms with E-state index in [9.17, 15) is 13.4 Å². The van der Waals surface area contributed by atoms with Crippen molar-refractivity contribution in [1.82, 2.24) is 14.9 Å². The molecule has 0 fully saturated rings. The van der Waals surface area contributed by atoms with Crippen LogP contribution in [0.15, 0.2) is 24.4 Å². The first-order valence-electron chi connectivity index (χ1n) is 8.88. The lowest BCUT2D eigenvalue weighted by Crippen LogP contribution is -2.40. The zero-order valence-corrected chi connectivity index (χ0v) is 16.8. The van der Waals surface area contributed by atoms with Crippen LogP contribution >= 0.6 is 0 Å². The summed E-state index contributed by atoms with van der Waals surface area (Å²) in [7, 11) is 0. The number of anilines is 2. The maximum absolute atomic E-state index is 14.0. The molecule has 2 aromatic rings. The van der Waals surface area contributed by atoms with Crippen LogP contribution in [0.3, 0.4) is 0 Å². The summed E-state index contributed by atoms with van der Waals surface area (Å²) >= 11 is 0.322. The van der Waals surface area contributed by atoms with Crippen LogP contribution in [-0.4, -0.2) is 33.1 Å². The number of fused-ring (bicyclic) bond motifs is 1. The standard InChI is InChI=1S/C19H22FN4O3S/c1-19(2,3)27-18(25)24-7-6-12-9-21-17(23-16(12)10-24)22-14-5-4-13(11-28-26)15(20)8-14/h4-5,8-9H,6-7,10-11H2,1-3H3,(H,21,22,23)/q+1. The Hall–Kier alpha value is -2.68. The molecule has 0 atom stereocenters. The maximum Gasteiger partial charge on any atom is 0.463 e. The molecule has 1 amide bonds. The number of halogens is 1. The van der Waals surface area contributed by atoms with Gasteiger partial charge in [-0.1, -0.05) is 0 Å². The van der Waals surface area contributed by atoms with Gasteiger partial charge in [-0.3, -0.25) is 0 Å². The minimum absolute atomic E-state index is 0.0714. The van der Waals surface area contributed by atoms with Crippen molar-refractivity contribution in [3.63, 3.8) is 0 Å². The van der Waals surface area contributed by atoms with Crippen LogP contribution < -0.4 is 5.32 Å². The lowest BCUT2D eigenvalue weighted by Gasteiger charge is -2.30. The van der Waals surface area contributed by atoms with Crippen LogP contribution in [0.2, 0.25) is 0 Å². The average molecular weight is 405 g/mol. The summed E-state index contributed by atoms with van der Waals surface area (Å²) in [6.07, 6.45) is 1.99. The van der Waals surface area contributed by atoms with Crippen molar-refractivity contribution in [3.8, 4) is 0 Å². The summed E-state index contributed by atoms with van der Waals surface area (Å²) in [4.78, 5) is 22.7. The summed E-state index contributed by atoms with van der Waals surface area (Å²) in [6, 6.07) is 4.54. The van der Waals surface area contributed by atoms with Gasteiger partial charge in [0.05, 0.1) is 17.8 Å². The zero-order chi connectivity index (χ0) is 20.3. The van der Waals surface area contributed by atoms with Gasteiger partial charge in [-0.2, -0.15) is 0 Å². The highest BCUT2D eigenvalue weighted by molar-refractivity contribution is 7.64. The minimum Gasteiger partial charge on any atom is -0.444 e. The van der Waals surface area contributed by atoms with Gasteiger partial charge in [0.15, 0.2) is 0 Å². The molecule has 9 heteroatoms. The molecule has 0 aliphatic carbocycles. The first-order chi connectivity index (χ1) is 13.2. The average Bonchev–Trinajstić information content (AvgIpc) is 2.62. The molecule has 28 heavy (non-hydrogen) atoms. The molecule has 7 nitrogen and oxygen atoms in total. The van der Waals surface area contributed by atoms with Gasteiger partial charge in [-0.05, 0) is 51.0 Å². The van der Waals surface area contributed by atoms with Gasteiger partial charge < -0.3 is 15.0 Å². The van der Waals surface area contributed by atoms with E-state index < -0.39 is 11.4 Å². The van der Waals surface area contributed by atoms with Gasteiger partial charge in [-0.25, -0.2) is 19.2 Å². The molecule has 1 N–H and O–H groups in total. The zero-order valence-electron chi connectivity index (χ0n) is 16.0. The number of aromatic nitrogens is 2. The second kappa shape index (κ2) is 8.14. The monoisotopic (exact) mass is 405 g/mol. The van der Waals surface area contributed by atoms with E-state index in [2.05, 4.69) is 15.3 Å². The Morgan fingerprint density at radius 3 is 2.86 bits per heavy atom. The molecule has 0 saturated heterocycles. The first-order valence-corrected chi connectivity index (χ1v) is 9.79. The Kier molecular flexibility index (Phi) is 5.83. The maximum atomic E-state index is 14.0. The molecule has 3 rings (SSSR count). The number of nitrogens with one attached hydrogen (secondary N) is 1. The topological polar surface area (TPSA) is 84.4 Å². The number of hydrogen-bond donors (Lipinski definition) is 1. The molecule has 148 valence electrons. The molecule has 2 heterocycles. The van der Waals surface area contributed by atoms with Crippen LogP contribution in [-0.2, 0) is 39.3 Å². The van der Waals surface area contributed by atoms with Crippen molar-refractivity contribution in [3.05, 3.63) is 47.0 Å². The Balaban J connectivity index is 1.73. The molecule has 0 bridgehead atoms. The predicted molar refractivity (Wildman–Crippen MR) is 104 cm³/mol. The van der Waals surface area contributed by atoms with Crippen LogP contribution in [0.25, 0.3) is 0 Å². The fourth-order valence-corrected chi connectivity index (χ4v) is 3.14. The van der Waals surface area contributed by atoms with Crippen LogP contribution in [0, 0.1) is 5.82 Å². The molecule has 1 aromatic carbocycles. The lowest BCUT2D eigenvalue weighted by atomic mass is 10.1. The minimum atomic E-state index is -0.559.